The van der Waals surface area contributed by atoms with Crippen molar-refractivity contribution in [3.05, 3.63) is 29.8 Å². The van der Waals surface area contributed by atoms with Gasteiger partial charge in [0.15, 0.2) is 5.69 Å². The zero-order valence-electron chi connectivity index (χ0n) is 9.30. The van der Waals surface area contributed by atoms with Crippen LogP contribution in [0, 0.1) is 6.92 Å². The Morgan fingerprint density at radius 3 is 2.88 bits per heavy atom. The molecule has 7 heteroatoms. The van der Waals surface area contributed by atoms with Crippen molar-refractivity contribution < 1.29 is 18.7 Å². The second-order valence-corrected chi connectivity index (χ2v) is 3.52. The van der Waals surface area contributed by atoms with Crippen LogP contribution in [0.2, 0.25) is 0 Å². The van der Waals surface area contributed by atoms with Gasteiger partial charge in [-0.15, -0.1) is 0 Å². The van der Waals surface area contributed by atoms with E-state index in [4.69, 9.17) is 13.9 Å². The fourth-order valence-corrected chi connectivity index (χ4v) is 1.26. The highest BCUT2D eigenvalue weighted by Gasteiger charge is 2.15. The summed E-state index contributed by atoms with van der Waals surface area (Å²) in [6.07, 6.45) is 2.67. The highest BCUT2D eigenvalue weighted by molar-refractivity contribution is 5.85. The maximum Gasteiger partial charge on any atom is 0.357 e. The lowest BCUT2D eigenvalue weighted by atomic mass is 10.3. The van der Waals surface area contributed by atoms with E-state index in [9.17, 15) is 4.79 Å². The number of nitrogens with one attached hydrogen (secondary N) is 1. The molecule has 0 saturated carbocycles. The van der Waals surface area contributed by atoms with Crippen molar-refractivity contribution in [2.75, 3.05) is 5.32 Å². The van der Waals surface area contributed by atoms with Crippen molar-refractivity contribution in [3.8, 4) is 0 Å². The van der Waals surface area contributed by atoms with Crippen molar-refractivity contribution in [2.24, 2.45) is 0 Å². The van der Waals surface area contributed by atoms with Crippen LogP contribution in [0.1, 0.15) is 35.1 Å². The SMILES string of the molecule is Cc1cnc(C(C)Nc2nc(C(=O)O)co2)o1. The Morgan fingerprint density at radius 2 is 2.35 bits per heavy atom. The van der Waals surface area contributed by atoms with Gasteiger partial charge in [0.2, 0.25) is 5.89 Å². The Morgan fingerprint density at radius 1 is 1.59 bits per heavy atom. The quantitative estimate of drug-likeness (QED) is 0.836. The second kappa shape index (κ2) is 4.28. The van der Waals surface area contributed by atoms with Crippen molar-refractivity contribution in [3.63, 3.8) is 0 Å². The molecule has 0 aliphatic carbocycles. The molecule has 1 unspecified atom stereocenters. The van der Waals surface area contributed by atoms with Gasteiger partial charge in [-0.05, 0) is 13.8 Å². The highest BCUT2D eigenvalue weighted by Crippen LogP contribution is 2.18. The van der Waals surface area contributed by atoms with Crippen LogP contribution < -0.4 is 5.32 Å². The number of hydrogen-bond donors (Lipinski definition) is 2. The summed E-state index contributed by atoms with van der Waals surface area (Å²) in [6.45, 7) is 3.59. The third-order valence-corrected chi connectivity index (χ3v) is 2.07. The summed E-state index contributed by atoms with van der Waals surface area (Å²) in [5.41, 5.74) is -0.150. The number of rotatable bonds is 4. The number of carboxylic acid groups (broad SMARTS) is 1. The van der Waals surface area contributed by atoms with Crippen LogP contribution in [0.5, 0.6) is 0 Å². The van der Waals surface area contributed by atoms with Gasteiger partial charge >= 0.3 is 5.97 Å². The molecular formula is C10H11N3O4. The molecular weight excluding hydrogens is 226 g/mol. The fraction of sp³-hybridized carbons (Fsp3) is 0.300. The van der Waals surface area contributed by atoms with E-state index in [1.165, 1.54) is 0 Å². The Labute approximate surface area is 96.5 Å². The van der Waals surface area contributed by atoms with E-state index in [1.807, 2.05) is 0 Å². The van der Waals surface area contributed by atoms with Gasteiger partial charge < -0.3 is 19.3 Å². The fourth-order valence-electron chi connectivity index (χ4n) is 1.26. The molecule has 7 nitrogen and oxygen atoms in total. The maximum absolute atomic E-state index is 10.6. The van der Waals surface area contributed by atoms with Crippen molar-refractivity contribution in [1.29, 1.82) is 0 Å². The average molecular weight is 237 g/mol. The van der Waals surface area contributed by atoms with Gasteiger partial charge in [-0.2, -0.15) is 4.98 Å². The van der Waals surface area contributed by atoms with Crippen LogP contribution in [0.15, 0.2) is 21.3 Å². The Bertz CT molecular complexity index is 531. The summed E-state index contributed by atoms with van der Waals surface area (Å²) in [7, 11) is 0. The lowest BCUT2D eigenvalue weighted by molar-refractivity contribution is 0.0690. The van der Waals surface area contributed by atoms with E-state index < -0.39 is 5.97 Å². The minimum atomic E-state index is -1.14. The van der Waals surface area contributed by atoms with E-state index in [0.29, 0.717) is 11.7 Å². The zero-order valence-corrected chi connectivity index (χ0v) is 9.30. The lowest BCUT2D eigenvalue weighted by Gasteiger charge is -2.06. The molecule has 0 amide bonds. The second-order valence-electron chi connectivity index (χ2n) is 3.52. The average Bonchev–Trinajstić information content (AvgIpc) is 2.86. The first-order valence-electron chi connectivity index (χ1n) is 4.94. The molecule has 0 fully saturated rings. The molecule has 0 aliphatic heterocycles. The molecule has 2 aromatic rings. The summed E-state index contributed by atoms with van der Waals surface area (Å²) >= 11 is 0. The number of anilines is 1. The molecule has 1 atom stereocenters. The number of oxazole rings is 2. The van der Waals surface area contributed by atoms with E-state index >= 15 is 0 Å². The summed E-state index contributed by atoms with van der Waals surface area (Å²) in [4.78, 5) is 18.4. The number of carboxylic acids is 1. The van der Waals surface area contributed by atoms with E-state index in [-0.39, 0.29) is 17.8 Å². The first-order chi connectivity index (χ1) is 8.06. The number of hydrogen-bond acceptors (Lipinski definition) is 6. The molecule has 0 bridgehead atoms. The first kappa shape index (κ1) is 11.2. The highest BCUT2D eigenvalue weighted by atomic mass is 16.4. The van der Waals surface area contributed by atoms with Gasteiger partial charge in [-0.25, -0.2) is 9.78 Å². The third kappa shape index (κ3) is 2.44. The van der Waals surface area contributed by atoms with Crippen LogP contribution >= 0.6 is 0 Å². The van der Waals surface area contributed by atoms with Gasteiger partial charge in [0.25, 0.3) is 6.01 Å². The Hall–Kier alpha value is -2.31. The predicted molar refractivity (Wildman–Crippen MR) is 56.7 cm³/mol. The van der Waals surface area contributed by atoms with Gasteiger partial charge in [-0.3, -0.25) is 0 Å². The third-order valence-electron chi connectivity index (χ3n) is 2.07. The molecule has 0 aliphatic rings. The molecule has 0 spiro atoms. The van der Waals surface area contributed by atoms with Gasteiger partial charge in [0.1, 0.15) is 18.1 Å². The molecule has 2 N–H and O–H groups in total. The molecule has 0 radical (unpaired) electrons. The van der Waals surface area contributed by atoms with E-state index in [1.54, 1.807) is 20.0 Å². The standard InChI is InChI=1S/C10H11N3O4/c1-5-3-11-8(17-5)6(2)12-10-13-7(4-16-10)9(14)15/h3-4,6H,1-2H3,(H,12,13)(H,14,15). The van der Waals surface area contributed by atoms with Crippen LogP contribution in [0.4, 0.5) is 6.01 Å². The van der Waals surface area contributed by atoms with E-state index in [0.717, 1.165) is 6.26 Å². The summed E-state index contributed by atoms with van der Waals surface area (Å²) in [5, 5.41) is 11.5. The van der Waals surface area contributed by atoms with Crippen LogP contribution in [-0.2, 0) is 0 Å². The van der Waals surface area contributed by atoms with Crippen molar-refractivity contribution in [1.82, 2.24) is 9.97 Å². The predicted octanol–water partition coefficient (Wildman–Crippen LogP) is 1.84. The summed E-state index contributed by atoms with van der Waals surface area (Å²) < 4.78 is 10.3. The first-order valence-corrected chi connectivity index (χ1v) is 4.94. The number of aromatic carboxylic acids is 1. The van der Waals surface area contributed by atoms with Crippen LogP contribution in [-0.4, -0.2) is 21.0 Å². The molecule has 2 heterocycles. The number of nitrogens with zero attached hydrogens (tertiary/aromatic N) is 2. The van der Waals surface area contributed by atoms with Gasteiger partial charge in [0, 0.05) is 0 Å². The Kier molecular flexibility index (Phi) is 2.82. The maximum atomic E-state index is 10.6. The van der Waals surface area contributed by atoms with Gasteiger partial charge in [-0.1, -0.05) is 0 Å². The van der Waals surface area contributed by atoms with Crippen LogP contribution in [0.25, 0.3) is 0 Å². The molecule has 0 saturated heterocycles. The topological polar surface area (TPSA) is 101 Å². The number of aryl methyl sites for hydroxylation is 1. The van der Waals surface area contributed by atoms with E-state index in [2.05, 4.69) is 15.3 Å². The zero-order chi connectivity index (χ0) is 12.4. The number of aromatic nitrogens is 2. The Balaban J connectivity index is 2.07. The number of carbonyl (C=O) groups is 1. The molecule has 2 rings (SSSR count). The molecule has 0 aromatic carbocycles. The summed E-state index contributed by atoms with van der Waals surface area (Å²) in [6, 6.07) is -0.144. The minimum absolute atomic E-state index is 0.116. The minimum Gasteiger partial charge on any atom is -0.476 e. The molecule has 17 heavy (non-hydrogen) atoms. The van der Waals surface area contributed by atoms with Crippen molar-refractivity contribution in [2.45, 2.75) is 19.9 Å². The van der Waals surface area contributed by atoms with Crippen molar-refractivity contribution >= 4 is 12.0 Å². The normalized spacial score (nSPS) is 12.4. The molecule has 90 valence electrons. The summed E-state index contributed by atoms with van der Waals surface area (Å²) in [5.74, 6) is 0.0475. The van der Waals surface area contributed by atoms with Gasteiger partial charge in [0.05, 0.1) is 6.20 Å². The lowest BCUT2D eigenvalue weighted by Crippen LogP contribution is -2.07. The largest absolute Gasteiger partial charge is 0.476 e. The van der Waals surface area contributed by atoms with Crippen LogP contribution in [0.3, 0.4) is 0 Å². The monoisotopic (exact) mass is 237 g/mol. The smallest absolute Gasteiger partial charge is 0.357 e. The molecule has 2 aromatic heterocycles.